The molecule has 16 heavy (non-hydrogen) atoms. The average Bonchev–Trinajstić information content (AvgIpc) is 2.33. The Balaban J connectivity index is 1.96. The van der Waals surface area contributed by atoms with Crippen LogP contribution >= 0.6 is 15.9 Å². The van der Waals surface area contributed by atoms with Crippen LogP contribution in [0.15, 0.2) is 40.9 Å². The third-order valence-corrected chi connectivity index (χ3v) is 3.28. The van der Waals surface area contributed by atoms with Gasteiger partial charge in [-0.05, 0) is 43.5 Å². The number of allylic oxidation sites excluding steroid dienone is 2. The van der Waals surface area contributed by atoms with E-state index < -0.39 is 0 Å². The van der Waals surface area contributed by atoms with E-state index >= 15 is 0 Å². The van der Waals surface area contributed by atoms with Gasteiger partial charge in [-0.2, -0.15) is 0 Å². The fourth-order valence-electron chi connectivity index (χ4n) is 1.81. The van der Waals surface area contributed by atoms with Crippen LogP contribution in [0.25, 0.3) is 0 Å². The van der Waals surface area contributed by atoms with Gasteiger partial charge >= 0.3 is 0 Å². The highest BCUT2D eigenvalue weighted by Crippen LogP contribution is 2.21. The van der Waals surface area contributed by atoms with E-state index in [-0.39, 0.29) is 11.8 Å². The summed E-state index contributed by atoms with van der Waals surface area (Å²) in [5.41, 5.74) is 0.864. The van der Waals surface area contributed by atoms with E-state index in [1.165, 1.54) is 0 Å². The molecule has 84 valence electrons. The lowest BCUT2D eigenvalue weighted by atomic mass is 9.93. The van der Waals surface area contributed by atoms with E-state index in [0.29, 0.717) is 0 Å². The monoisotopic (exact) mass is 279 g/mol. The van der Waals surface area contributed by atoms with Crippen LogP contribution in [0.3, 0.4) is 0 Å². The molecule has 1 atom stereocenters. The molecule has 0 unspecified atom stereocenters. The Morgan fingerprint density at radius 1 is 1.25 bits per heavy atom. The van der Waals surface area contributed by atoms with E-state index in [4.69, 9.17) is 0 Å². The highest BCUT2D eigenvalue weighted by atomic mass is 79.9. The van der Waals surface area contributed by atoms with Crippen molar-refractivity contribution >= 4 is 27.5 Å². The van der Waals surface area contributed by atoms with Crippen molar-refractivity contribution < 1.29 is 4.79 Å². The van der Waals surface area contributed by atoms with E-state index in [0.717, 1.165) is 29.4 Å². The predicted octanol–water partition coefficient (Wildman–Crippen LogP) is 3.74. The van der Waals surface area contributed by atoms with E-state index in [1.54, 1.807) is 0 Å². The van der Waals surface area contributed by atoms with Crippen molar-refractivity contribution in [2.24, 2.45) is 5.92 Å². The summed E-state index contributed by atoms with van der Waals surface area (Å²) in [5, 5.41) is 2.95. The molecule has 3 heteroatoms. The van der Waals surface area contributed by atoms with Crippen molar-refractivity contribution in [3.8, 4) is 0 Å². The van der Waals surface area contributed by atoms with E-state index in [9.17, 15) is 4.79 Å². The molecule has 0 heterocycles. The zero-order valence-electron chi connectivity index (χ0n) is 8.95. The van der Waals surface area contributed by atoms with Crippen LogP contribution in [0.5, 0.6) is 0 Å². The average molecular weight is 280 g/mol. The van der Waals surface area contributed by atoms with Gasteiger partial charge in [-0.25, -0.2) is 0 Å². The first kappa shape index (κ1) is 11.4. The van der Waals surface area contributed by atoms with Gasteiger partial charge in [-0.3, -0.25) is 4.79 Å². The number of benzene rings is 1. The Kier molecular flexibility index (Phi) is 3.78. The molecule has 2 rings (SSSR count). The number of rotatable bonds is 2. The van der Waals surface area contributed by atoms with Gasteiger partial charge in [-0.1, -0.05) is 28.1 Å². The smallest absolute Gasteiger partial charge is 0.227 e. The van der Waals surface area contributed by atoms with Crippen LogP contribution in [0.4, 0.5) is 5.69 Å². The molecule has 1 aliphatic rings. The van der Waals surface area contributed by atoms with Gasteiger partial charge in [0.1, 0.15) is 0 Å². The number of hydrogen-bond donors (Lipinski definition) is 1. The lowest BCUT2D eigenvalue weighted by Crippen LogP contribution is -2.23. The fourth-order valence-corrected chi connectivity index (χ4v) is 2.07. The summed E-state index contributed by atoms with van der Waals surface area (Å²) in [6.45, 7) is 0. The van der Waals surface area contributed by atoms with Crippen molar-refractivity contribution in [2.45, 2.75) is 19.3 Å². The van der Waals surface area contributed by atoms with Crippen molar-refractivity contribution in [2.75, 3.05) is 5.32 Å². The molecule has 0 fully saturated rings. The summed E-state index contributed by atoms with van der Waals surface area (Å²) in [5.74, 6) is 0.264. The van der Waals surface area contributed by atoms with Gasteiger partial charge in [0.2, 0.25) is 5.91 Å². The molecule has 0 saturated heterocycles. The molecule has 0 aromatic heterocycles. The van der Waals surface area contributed by atoms with Crippen molar-refractivity contribution in [1.29, 1.82) is 0 Å². The zero-order chi connectivity index (χ0) is 11.4. The lowest BCUT2D eigenvalue weighted by molar-refractivity contribution is -0.120. The normalized spacial score (nSPS) is 19.4. The minimum atomic E-state index is 0.131. The highest BCUT2D eigenvalue weighted by molar-refractivity contribution is 9.10. The Morgan fingerprint density at radius 3 is 2.62 bits per heavy atom. The first-order valence-electron chi connectivity index (χ1n) is 5.47. The molecule has 1 aliphatic carbocycles. The van der Waals surface area contributed by atoms with Crippen molar-refractivity contribution in [3.63, 3.8) is 0 Å². The van der Waals surface area contributed by atoms with Crippen LogP contribution in [0.1, 0.15) is 19.3 Å². The summed E-state index contributed by atoms with van der Waals surface area (Å²) in [4.78, 5) is 11.9. The van der Waals surface area contributed by atoms with Crippen LogP contribution in [-0.2, 0) is 4.79 Å². The van der Waals surface area contributed by atoms with Gasteiger partial charge in [0.15, 0.2) is 0 Å². The molecule has 1 amide bonds. The predicted molar refractivity (Wildman–Crippen MR) is 69.3 cm³/mol. The molecule has 0 radical (unpaired) electrons. The number of hydrogen-bond acceptors (Lipinski definition) is 1. The van der Waals surface area contributed by atoms with Crippen LogP contribution in [0.2, 0.25) is 0 Å². The number of amides is 1. The quantitative estimate of drug-likeness (QED) is 0.821. The Morgan fingerprint density at radius 2 is 2.00 bits per heavy atom. The first-order valence-corrected chi connectivity index (χ1v) is 6.26. The Bertz CT molecular complexity index is 397. The minimum Gasteiger partial charge on any atom is -0.326 e. The van der Waals surface area contributed by atoms with Gasteiger partial charge in [-0.15, -0.1) is 0 Å². The number of halogens is 1. The molecule has 0 spiro atoms. The van der Waals surface area contributed by atoms with Gasteiger partial charge < -0.3 is 5.32 Å². The molecule has 0 saturated carbocycles. The largest absolute Gasteiger partial charge is 0.326 e. The third kappa shape index (κ3) is 2.95. The van der Waals surface area contributed by atoms with Crippen molar-refractivity contribution in [3.05, 3.63) is 40.9 Å². The summed E-state index contributed by atoms with van der Waals surface area (Å²) in [6, 6.07) is 7.66. The maximum atomic E-state index is 11.9. The number of nitrogens with one attached hydrogen (secondary N) is 1. The van der Waals surface area contributed by atoms with E-state index in [1.807, 2.05) is 24.3 Å². The zero-order valence-corrected chi connectivity index (χ0v) is 10.5. The molecular formula is C13H14BrNO. The second-order valence-corrected chi connectivity index (χ2v) is 4.89. The lowest BCUT2D eigenvalue weighted by Gasteiger charge is -2.17. The fraction of sp³-hybridized carbons (Fsp3) is 0.308. The summed E-state index contributed by atoms with van der Waals surface area (Å²) in [6.07, 6.45) is 7.07. The Labute approximate surface area is 104 Å². The number of carbonyl (C=O) groups is 1. The van der Waals surface area contributed by atoms with Gasteiger partial charge in [0, 0.05) is 16.1 Å². The maximum absolute atomic E-state index is 11.9. The maximum Gasteiger partial charge on any atom is 0.227 e. The molecule has 0 bridgehead atoms. The third-order valence-electron chi connectivity index (χ3n) is 2.75. The second-order valence-electron chi connectivity index (χ2n) is 3.98. The van der Waals surface area contributed by atoms with Gasteiger partial charge in [0.25, 0.3) is 0 Å². The summed E-state index contributed by atoms with van der Waals surface area (Å²) in [7, 11) is 0. The van der Waals surface area contributed by atoms with E-state index in [2.05, 4.69) is 33.4 Å². The standard InChI is InChI=1S/C13H14BrNO/c14-11-6-8-12(9-7-11)15-13(16)10-4-2-1-3-5-10/h1-2,6-10H,3-5H2,(H,15,16)/t10-/m0/s1. The van der Waals surface area contributed by atoms with Crippen LogP contribution < -0.4 is 5.32 Å². The number of anilines is 1. The summed E-state index contributed by atoms with van der Waals surface area (Å²) < 4.78 is 1.02. The summed E-state index contributed by atoms with van der Waals surface area (Å²) >= 11 is 3.37. The van der Waals surface area contributed by atoms with Crippen molar-refractivity contribution in [1.82, 2.24) is 0 Å². The second kappa shape index (κ2) is 5.30. The topological polar surface area (TPSA) is 29.1 Å². The molecule has 2 nitrogen and oxygen atoms in total. The molecule has 0 aliphatic heterocycles. The molecule has 1 N–H and O–H groups in total. The van der Waals surface area contributed by atoms with Crippen LogP contribution in [0, 0.1) is 5.92 Å². The highest BCUT2D eigenvalue weighted by Gasteiger charge is 2.18. The Hall–Kier alpha value is -1.09. The minimum absolute atomic E-state index is 0.131. The molecule has 1 aromatic carbocycles. The molecular weight excluding hydrogens is 266 g/mol. The molecule has 1 aromatic rings. The SMILES string of the molecule is O=C(Nc1ccc(Br)cc1)[C@H]1CC=CCC1. The first-order chi connectivity index (χ1) is 7.75. The van der Waals surface area contributed by atoms with Gasteiger partial charge in [0.05, 0.1) is 0 Å². The number of carbonyl (C=O) groups excluding carboxylic acids is 1. The van der Waals surface area contributed by atoms with Crippen LogP contribution in [-0.4, -0.2) is 5.91 Å².